The first-order valence-electron chi connectivity index (χ1n) is 6.55. The third kappa shape index (κ3) is 3.70. The van der Waals surface area contributed by atoms with Crippen LogP contribution in [0.5, 0.6) is 5.75 Å². The van der Waals surface area contributed by atoms with Crippen molar-refractivity contribution >= 4 is 0 Å². The lowest BCUT2D eigenvalue weighted by molar-refractivity contribution is 0.0322. The fourth-order valence-corrected chi connectivity index (χ4v) is 2.10. The molecule has 1 aromatic carbocycles. The van der Waals surface area contributed by atoms with Gasteiger partial charge in [-0.3, -0.25) is 4.90 Å². The average molecular weight is 250 g/mol. The maximum absolute atomic E-state index is 5.92. The highest BCUT2D eigenvalue weighted by atomic mass is 16.5. The normalized spacial score (nSPS) is 18.6. The molecule has 1 aromatic rings. The molecule has 2 rings (SSSR count). The molecule has 0 spiro atoms. The Morgan fingerprint density at radius 3 is 2.78 bits per heavy atom. The van der Waals surface area contributed by atoms with Gasteiger partial charge in [-0.25, -0.2) is 0 Å². The van der Waals surface area contributed by atoms with Gasteiger partial charge in [-0.1, -0.05) is 18.2 Å². The van der Waals surface area contributed by atoms with Gasteiger partial charge in [0.15, 0.2) is 0 Å². The van der Waals surface area contributed by atoms with E-state index in [1.807, 2.05) is 31.2 Å². The standard InChI is InChI=1S/C14H22N2O2/c1-12(15)13-4-2-3-5-14(13)18-11-8-16-6-9-17-10-7-16/h2-5,12H,6-11,15H2,1H3/t12-/m1/s1. The Labute approximate surface area is 109 Å². The summed E-state index contributed by atoms with van der Waals surface area (Å²) in [6.07, 6.45) is 0. The zero-order chi connectivity index (χ0) is 12.8. The highest BCUT2D eigenvalue weighted by molar-refractivity contribution is 5.35. The van der Waals surface area contributed by atoms with Crippen molar-refractivity contribution in [1.82, 2.24) is 4.90 Å². The summed E-state index contributed by atoms with van der Waals surface area (Å²) in [4.78, 5) is 2.36. The van der Waals surface area contributed by atoms with Crippen molar-refractivity contribution in [3.63, 3.8) is 0 Å². The van der Waals surface area contributed by atoms with Crippen molar-refractivity contribution in [2.45, 2.75) is 13.0 Å². The summed E-state index contributed by atoms with van der Waals surface area (Å²) < 4.78 is 11.2. The molecule has 4 nitrogen and oxygen atoms in total. The predicted molar refractivity (Wildman–Crippen MR) is 71.8 cm³/mol. The van der Waals surface area contributed by atoms with Crippen molar-refractivity contribution in [2.24, 2.45) is 5.73 Å². The predicted octanol–water partition coefficient (Wildman–Crippen LogP) is 1.42. The van der Waals surface area contributed by atoms with Crippen LogP contribution in [0.4, 0.5) is 0 Å². The minimum Gasteiger partial charge on any atom is -0.492 e. The second-order valence-electron chi connectivity index (χ2n) is 4.63. The van der Waals surface area contributed by atoms with E-state index in [0.717, 1.165) is 44.2 Å². The van der Waals surface area contributed by atoms with Gasteiger partial charge < -0.3 is 15.2 Å². The number of morpholine rings is 1. The first kappa shape index (κ1) is 13.3. The second kappa shape index (κ2) is 6.73. The highest BCUT2D eigenvalue weighted by Crippen LogP contribution is 2.22. The fourth-order valence-electron chi connectivity index (χ4n) is 2.10. The van der Waals surface area contributed by atoms with Gasteiger partial charge in [-0.05, 0) is 13.0 Å². The van der Waals surface area contributed by atoms with Crippen molar-refractivity contribution in [3.05, 3.63) is 29.8 Å². The highest BCUT2D eigenvalue weighted by Gasteiger charge is 2.11. The minimum absolute atomic E-state index is 0.00425. The molecule has 2 N–H and O–H groups in total. The van der Waals surface area contributed by atoms with Crippen molar-refractivity contribution in [1.29, 1.82) is 0 Å². The Morgan fingerprint density at radius 2 is 2.06 bits per heavy atom. The molecule has 0 radical (unpaired) electrons. The van der Waals surface area contributed by atoms with Crippen molar-refractivity contribution in [2.75, 3.05) is 39.5 Å². The van der Waals surface area contributed by atoms with E-state index in [4.69, 9.17) is 15.2 Å². The van der Waals surface area contributed by atoms with E-state index in [-0.39, 0.29) is 6.04 Å². The number of nitrogens with two attached hydrogens (primary N) is 1. The quantitative estimate of drug-likeness (QED) is 0.858. The van der Waals surface area contributed by atoms with Gasteiger partial charge in [0.2, 0.25) is 0 Å². The number of hydrogen-bond acceptors (Lipinski definition) is 4. The smallest absolute Gasteiger partial charge is 0.124 e. The summed E-state index contributed by atoms with van der Waals surface area (Å²) in [7, 11) is 0. The van der Waals surface area contributed by atoms with Crippen molar-refractivity contribution in [3.8, 4) is 5.75 Å². The van der Waals surface area contributed by atoms with Crippen LogP contribution in [0, 0.1) is 0 Å². The van der Waals surface area contributed by atoms with Gasteiger partial charge in [-0.15, -0.1) is 0 Å². The average Bonchev–Trinajstić information content (AvgIpc) is 2.40. The van der Waals surface area contributed by atoms with Crippen LogP contribution in [0.2, 0.25) is 0 Å². The van der Waals surface area contributed by atoms with Crippen LogP contribution in [0.3, 0.4) is 0 Å². The van der Waals surface area contributed by atoms with Gasteiger partial charge >= 0.3 is 0 Å². The molecule has 1 heterocycles. The first-order valence-corrected chi connectivity index (χ1v) is 6.55. The molecule has 0 saturated carbocycles. The maximum Gasteiger partial charge on any atom is 0.124 e. The van der Waals surface area contributed by atoms with Crippen LogP contribution in [0.1, 0.15) is 18.5 Å². The van der Waals surface area contributed by atoms with Gasteiger partial charge in [0.05, 0.1) is 13.2 Å². The lowest BCUT2D eigenvalue weighted by Crippen LogP contribution is -2.38. The third-order valence-electron chi connectivity index (χ3n) is 3.18. The molecule has 0 amide bonds. The molecule has 0 bridgehead atoms. The lowest BCUT2D eigenvalue weighted by atomic mass is 10.1. The summed E-state index contributed by atoms with van der Waals surface area (Å²) in [6, 6.07) is 7.99. The largest absolute Gasteiger partial charge is 0.492 e. The summed E-state index contributed by atoms with van der Waals surface area (Å²) in [5.41, 5.74) is 6.99. The lowest BCUT2D eigenvalue weighted by Gasteiger charge is -2.26. The second-order valence-corrected chi connectivity index (χ2v) is 4.63. The number of hydrogen-bond donors (Lipinski definition) is 1. The number of benzene rings is 1. The molecule has 1 aliphatic rings. The Bertz CT molecular complexity index is 363. The number of ether oxygens (including phenoxy) is 2. The molecular weight excluding hydrogens is 228 g/mol. The Hall–Kier alpha value is -1.10. The van der Waals surface area contributed by atoms with E-state index in [2.05, 4.69) is 4.90 Å². The monoisotopic (exact) mass is 250 g/mol. The zero-order valence-electron chi connectivity index (χ0n) is 11.0. The molecule has 18 heavy (non-hydrogen) atoms. The van der Waals surface area contributed by atoms with Crippen LogP contribution >= 0.6 is 0 Å². The zero-order valence-corrected chi connectivity index (χ0v) is 11.0. The van der Waals surface area contributed by atoms with E-state index >= 15 is 0 Å². The maximum atomic E-state index is 5.92. The first-order chi connectivity index (χ1) is 8.77. The van der Waals surface area contributed by atoms with Gasteiger partial charge in [0.1, 0.15) is 12.4 Å². The summed E-state index contributed by atoms with van der Waals surface area (Å²) in [6.45, 7) is 7.27. The number of rotatable bonds is 5. The molecule has 0 aliphatic carbocycles. The van der Waals surface area contributed by atoms with Crippen LogP contribution < -0.4 is 10.5 Å². The Morgan fingerprint density at radius 1 is 1.33 bits per heavy atom. The van der Waals surface area contributed by atoms with E-state index < -0.39 is 0 Å². The Kier molecular flexibility index (Phi) is 4.99. The molecule has 4 heteroatoms. The van der Waals surface area contributed by atoms with Gasteiger partial charge in [0, 0.05) is 31.2 Å². The van der Waals surface area contributed by atoms with E-state index in [0.29, 0.717) is 6.61 Å². The molecule has 1 fully saturated rings. The molecule has 0 aromatic heterocycles. The third-order valence-corrected chi connectivity index (χ3v) is 3.18. The molecule has 100 valence electrons. The molecule has 1 atom stereocenters. The van der Waals surface area contributed by atoms with Crippen LogP contribution in [-0.2, 0) is 4.74 Å². The topological polar surface area (TPSA) is 47.7 Å². The molecule has 0 unspecified atom stereocenters. The van der Waals surface area contributed by atoms with Crippen LogP contribution in [0.15, 0.2) is 24.3 Å². The SMILES string of the molecule is C[C@@H](N)c1ccccc1OCCN1CCOCC1. The van der Waals surface area contributed by atoms with E-state index in [9.17, 15) is 0 Å². The van der Waals surface area contributed by atoms with Crippen LogP contribution in [-0.4, -0.2) is 44.4 Å². The molecule has 1 saturated heterocycles. The number of nitrogens with zero attached hydrogens (tertiary/aromatic N) is 1. The summed E-state index contributed by atoms with van der Waals surface area (Å²) in [5.74, 6) is 0.903. The van der Waals surface area contributed by atoms with E-state index in [1.165, 1.54) is 0 Å². The van der Waals surface area contributed by atoms with Gasteiger partial charge in [0.25, 0.3) is 0 Å². The summed E-state index contributed by atoms with van der Waals surface area (Å²) in [5, 5.41) is 0. The van der Waals surface area contributed by atoms with Gasteiger partial charge in [-0.2, -0.15) is 0 Å². The number of para-hydroxylation sites is 1. The molecule has 1 aliphatic heterocycles. The van der Waals surface area contributed by atoms with Crippen LogP contribution in [0.25, 0.3) is 0 Å². The Balaban J connectivity index is 1.82. The molecular formula is C14H22N2O2. The minimum atomic E-state index is 0.00425. The summed E-state index contributed by atoms with van der Waals surface area (Å²) >= 11 is 0. The fraction of sp³-hybridized carbons (Fsp3) is 0.571. The van der Waals surface area contributed by atoms with E-state index in [1.54, 1.807) is 0 Å². The van der Waals surface area contributed by atoms with Crippen molar-refractivity contribution < 1.29 is 9.47 Å².